The monoisotopic (exact) mass is 328 g/mol. The van der Waals surface area contributed by atoms with E-state index in [-0.39, 0.29) is 11.4 Å². The van der Waals surface area contributed by atoms with Gasteiger partial charge in [-0.05, 0) is 25.0 Å². The highest BCUT2D eigenvalue weighted by Crippen LogP contribution is 2.26. The van der Waals surface area contributed by atoms with Gasteiger partial charge in [-0.25, -0.2) is 9.78 Å². The molecule has 0 fully saturated rings. The lowest BCUT2D eigenvalue weighted by atomic mass is 10.1. The van der Waals surface area contributed by atoms with E-state index in [2.05, 4.69) is 14.5 Å². The van der Waals surface area contributed by atoms with Gasteiger partial charge in [-0.2, -0.15) is 0 Å². The van der Waals surface area contributed by atoms with Crippen LogP contribution in [0.15, 0.2) is 30.5 Å². The molecule has 0 bridgehead atoms. The van der Waals surface area contributed by atoms with Crippen molar-refractivity contribution in [2.75, 3.05) is 7.11 Å². The van der Waals surface area contributed by atoms with E-state index in [1.807, 2.05) is 0 Å². The van der Waals surface area contributed by atoms with E-state index in [0.717, 1.165) is 0 Å². The summed E-state index contributed by atoms with van der Waals surface area (Å²) in [4.78, 5) is 15.5. The van der Waals surface area contributed by atoms with Gasteiger partial charge in [0.25, 0.3) is 0 Å². The maximum atomic E-state index is 12.4. The quantitative estimate of drug-likeness (QED) is 0.792. The summed E-state index contributed by atoms with van der Waals surface area (Å²) in [6.07, 6.45) is -2.93. The molecule has 0 spiro atoms. The minimum atomic E-state index is -4.74. The molecule has 1 aromatic carbocycles. The van der Waals surface area contributed by atoms with Gasteiger partial charge in [-0.15, -0.1) is 13.2 Å². The van der Waals surface area contributed by atoms with Crippen molar-refractivity contribution in [1.82, 2.24) is 9.55 Å². The lowest BCUT2D eigenvalue weighted by Gasteiger charge is -2.13. The van der Waals surface area contributed by atoms with E-state index < -0.39 is 12.3 Å². The van der Waals surface area contributed by atoms with Crippen LogP contribution in [-0.2, 0) is 17.7 Å². The highest BCUT2D eigenvalue weighted by Gasteiger charge is 2.31. The fourth-order valence-electron chi connectivity index (χ4n) is 2.11. The van der Waals surface area contributed by atoms with Crippen LogP contribution in [0.5, 0.6) is 5.75 Å². The predicted octanol–water partition coefficient (Wildman–Crippen LogP) is 3.12. The third-order valence-corrected chi connectivity index (χ3v) is 3.19. The number of ether oxygens (including phenoxy) is 2. The first kappa shape index (κ1) is 16.9. The molecular weight excluding hydrogens is 313 g/mol. The minimum absolute atomic E-state index is 0.157. The van der Waals surface area contributed by atoms with E-state index in [0.29, 0.717) is 24.4 Å². The highest BCUT2D eigenvalue weighted by molar-refractivity contribution is 5.86. The molecule has 5 nitrogen and oxygen atoms in total. The molecule has 0 N–H and O–H groups in total. The molecule has 0 aliphatic carbocycles. The normalized spacial score (nSPS) is 11.3. The van der Waals surface area contributed by atoms with Crippen molar-refractivity contribution >= 4 is 5.97 Å². The van der Waals surface area contributed by atoms with E-state index in [4.69, 9.17) is 0 Å². The number of carbonyl (C=O) groups excluding carboxylic acids is 1. The molecule has 0 unspecified atom stereocenters. The molecule has 0 amide bonds. The van der Waals surface area contributed by atoms with Crippen molar-refractivity contribution in [2.45, 2.75) is 26.3 Å². The van der Waals surface area contributed by atoms with Gasteiger partial charge in [0.05, 0.1) is 7.11 Å². The Morgan fingerprint density at radius 3 is 2.65 bits per heavy atom. The molecular formula is C15H15F3N2O3. The largest absolute Gasteiger partial charge is 0.573 e. The van der Waals surface area contributed by atoms with Gasteiger partial charge >= 0.3 is 12.3 Å². The zero-order chi connectivity index (χ0) is 17.0. The predicted molar refractivity (Wildman–Crippen MR) is 75.1 cm³/mol. The first-order chi connectivity index (χ1) is 10.8. The molecule has 0 radical (unpaired) electrons. The van der Waals surface area contributed by atoms with Crippen molar-refractivity contribution in [1.29, 1.82) is 0 Å². The third-order valence-electron chi connectivity index (χ3n) is 3.19. The summed E-state index contributed by atoms with van der Waals surface area (Å²) in [6, 6.07) is 5.94. The lowest BCUT2D eigenvalue weighted by Crippen LogP contribution is -2.18. The average molecular weight is 328 g/mol. The van der Waals surface area contributed by atoms with Gasteiger partial charge in [-0.3, -0.25) is 0 Å². The Morgan fingerprint density at radius 1 is 1.30 bits per heavy atom. The number of nitrogens with zero attached hydrogens (tertiary/aromatic N) is 2. The zero-order valence-electron chi connectivity index (χ0n) is 12.6. The first-order valence-electron chi connectivity index (χ1n) is 6.76. The Bertz CT molecular complexity index is 696. The number of hydrogen-bond acceptors (Lipinski definition) is 4. The van der Waals surface area contributed by atoms with E-state index in [9.17, 15) is 18.0 Å². The molecule has 0 saturated carbocycles. The Kier molecular flexibility index (Phi) is 4.92. The van der Waals surface area contributed by atoms with Gasteiger partial charge in [0.1, 0.15) is 11.6 Å². The summed E-state index contributed by atoms with van der Waals surface area (Å²) in [5.41, 5.74) is 0.572. The Labute approximate surface area is 130 Å². The average Bonchev–Trinajstić information content (AvgIpc) is 2.85. The summed E-state index contributed by atoms with van der Waals surface area (Å²) in [5.74, 6) is -0.224. The standard InChI is InChI=1S/C15H15F3N2O3/c1-10-19-12(14(21)22-2)9-20(10)8-7-11-5-3-4-6-13(11)23-15(16,17)18/h3-6,9H,7-8H2,1-2H3. The van der Waals surface area contributed by atoms with Crippen LogP contribution in [0.3, 0.4) is 0 Å². The second kappa shape index (κ2) is 6.72. The van der Waals surface area contributed by atoms with Gasteiger partial charge in [0, 0.05) is 12.7 Å². The number of esters is 1. The van der Waals surface area contributed by atoms with Crippen LogP contribution >= 0.6 is 0 Å². The number of halogens is 3. The Balaban J connectivity index is 2.13. The number of hydrogen-bond donors (Lipinski definition) is 0. The highest BCUT2D eigenvalue weighted by atomic mass is 19.4. The molecule has 8 heteroatoms. The molecule has 0 aliphatic rings. The van der Waals surface area contributed by atoms with Crippen LogP contribution < -0.4 is 4.74 Å². The third kappa shape index (κ3) is 4.48. The summed E-state index contributed by atoms with van der Waals surface area (Å²) in [6.45, 7) is 2.05. The number of carbonyl (C=O) groups is 1. The van der Waals surface area contributed by atoms with Crippen LogP contribution in [-0.4, -0.2) is 29.0 Å². The van der Waals surface area contributed by atoms with Crippen molar-refractivity contribution in [3.05, 3.63) is 47.5 Å². The van der Waals surface area contributed by atoms with Crippen molar-refractivity contribution < 1.29 is 27.4 Å². The lowest BCUT2D eigenvalue weighted by molar-refractivity contribution is -0.274. The minimum Gasteiger partial charge on any atom is -0.464 e. The van der Waals surface area contributed by atoms with Crippen LogP contribution in [0.1, 0.15) is 21.9 Å². The number of methoxy groups -OCH3 is 1. The maximum Gasteiger partial charge on any atom is 0.573 e. The first-order valence-corrected chi connectivity index (χ1v) is 6.76. The summed E-state index contributed by atoms with van der Waals surface area (Å²) in [5, 5.41) is 0. The Morgan fingerprint density at radius 2 is 2.00 bits per heavy atom. The number of aryl methyl sites for hydroxylation is 3. The van der Waals surface area contributed by atoms with E-state index in [1.165, 1.54) is 25.4 Å². The van der Waals surface area contributed by atoms with Crippen LogP contribution in [0.4, 0.5) is 13.2 Å². The van der Waals surface area contributed by atoms with Crippen molar-refractivity contribution in [3.63, 3.8) is 0 Å². The SMILES string of the molecule is COC(=O)c1cn(CCc2ccccc2OC(F)(F)F)c(C)n1. The second-order valence-electron chi connectivity index (χ2n) is 4.76. The molecule has 2 rings (SSSR count). The topological polar surface area (TPSA) is 53.4 Å². The molecule has 1 aromatic heterocycles. The summed E-state index contributed by atoms with van der Waals surface area (Å²) < 4.78 is 47.4. The van der Waals surface area contributed by atoms with Crippen LogP contribution in [0.2, 0.25) is 0 Å². The van der Waals surface area contributed by atoms with Crippen molar-refractivity contribution in [3.8, 4) is 5.75 Å². The number of benzene rings is 1. The fraction of sp³-hybridized carbons (Fsp3) is 0.333. The fourth-order valence-corrected chi connectivity index (χ4v) is 2.11. The van der Waals surface area contributed by atoms with Crippen LogP contribution in [0.25, 0.3) is 0 Å². The second-order valence-corrected chi connectivity index (χ2v) is 4.76. The van der Waals surface area contributed by atoms with Gasteiger partial charge in [0.15, 0.2) is 5.69 Å². The Hall–Kier alpha value is -2.51. The van der Waals surface area contributed by atoms with E-state index >= 15 is 0 Å². The number of rotatable bonds is 5. The molecule has 0 aliphatic heterocycles. The van der Waals surface area contributed by atoms with Gasteiger partial charge in [0.2, 0.25) is 0 Å². The smallest absolute Gasteiger partial charge is 0.464 e. The number of imidazole rings is 1. The summed E-state index contributed by atoms with van der Waals surface area (Å²) >= 11 is 0. The molecule has 1 heterocycles. The van der Waals surface area contributed by atoms with Crippen LogP contribution in [0, 0.1) is 6.92 Å². The van der Waals surface area contributed by atoms with Crippen molar-refractivity contribution in [2.24, 2.45) is 0 Å². The number of para-hydroxylation sites is 1. The number of alkyl halides is 3. The van der Waals surface area contributed by atoms with Gasteiger partial charge in [-0.1, -0.05) is 18.2 Å². The molecule has 23 heavy (non-hydrogen) atoms. The summed E-state index contributed by atoms with van der Waals surface area (Å²) in [7, 11) is 1.25. The molecule has 0 atom stereocenters. The zero-order valence-corrected chi connectivity index (χ0v) is 12.6. The number of aromatic nitrogens is 2. The van der Waals surface area contributed by atoms with E-state index in [1.54, 1.807) is 23.6 Å². The molecule has 124 valence electrons. The maximum absolute atomic E-state index is 12.4. The van der Waals surface area contributed by atoms with Gasteiger partial charge < -0.3 is 14.0 Å². The molecule has 0 saturated heterocycles. The molecule has 2 aromatic rings.